The van der Waals surface area contributed by atoms with Crippen LogP contribution in [0.25, 0.3) is 0 Å². The van der Waals surface area contributed by atoms with Gasteiger partial charge in [-0.2, -0.15) is 0 Å². The van der Waals surface area contributed by atoms with Crippen molar-refractivity contribution in [3.8, 4) is 11.5 Å². The monoisotopic (exact) mass is 248 g/mol. The summed E-state index contributed by atoms with van der Waals surface area (Å²) < 4.78 is 11.1. The van der Waals surface area contributed by atoms with Crippen LogP contribution in [0.15, 0.2) is 18.2 Å². The lowest BCUT2D eigenvalue weighted by Gasteiger charge is -2.36. The van der Waals surface area contributed by atoms with Gasteiger partial charge >= 0.3 is 0 Å². The van der Waals surface area contributed by atoms with Gasteiger partial charge in [-0.25, -0.2) is 0 Å². The molecule has 1 fully saturated rings. The van der Waals surface area contributed by atoms with Crippen molar-refractivity contribution in [1.82, 2.24) is 0 Å². The number of hydrogen-bond donors (Lipinski definition) is 1. The minimum absolute atomic E-state index is 0.420. The van der Waals surface area contributed by atoms with Crippen molar-refractivity contribution in [3.05, 3.63) is 18.2 Å². The predicted molar refractivity (Wildman–Crippen MR) is 71.4 cm³/mol. The zero-order valence-electron chi connectivity index (χ0n) is 10.8. The van der Waals surface area contributed by atoms with Crippen molar-refractivity contribution in [2.75, 3.05) is 31.7 Å². The Morgan fingerprint density at radius 1 is 1.22 bits per heavy atom. The van der Waals surface area contributed by atoms with Crippen LogP contribution in [0.3, 0.4) is 0 Å². The van der Waals surface area contributed by atoms with Gasteiger partial charge in [-0.3, -0.25) is 0 Å². The van der Waals surface area contributed by atoms with Crippen molar-refractivity contribution in [2.45, 2.75) is 18.9 Å². The molecule has 4 heteroatoms. The quantitative estimate of drug-likeness (QED) is 0.883. The Morgan fingerprint density at radius 3 is 2.67 bits per heavy atom. The molecule has 0 spiro atoms. The maximum absolute atomic E-state index is 5.82. The lowest BCUT2D eigenvalue weighted by Crippen LogP contribution is -2.41. The first-order valence-electron chi connectivity index (χ1n) is 6.59. The van der Waals surface area contributed by atoms with Crippen molar-refractivity contribution < 1.29 is 9.47 Å². The largest absolute Gasteiger partial charge is 0.486 e. The van der Waals surface area contributed by atoms with E-state index in [2.05, 4.69) is 24.1 Å². The molecule has 0 unspecified atom stereocenters. The third-order valence-electron chi connectivity index (χ3n) is 3.77. The molecule has 3 rings (SSSR count). The molecule has 98 valence electrons. The van der Waals surface area contributed by atoms with E-state index >= 15 is 0 Å². The number of fused-ring (bicyclic) bond motifs is 1. The van der Waals surface area contributed by atoms with Gasteiger partial charge in [-0.15, -0.1) is 0 Å². The molecule has 1 aromatic carbocycles. The van der Waals surface area contributed by atoms with Crippen molar-refractivity contribution in [2.24, 2.45) is 11.7 Å². The van der Waals surface area contributed by atoms with E-state index in [9.17, 15) is 0 Å². The Kier molecular flexibility index (Phi) is 3.04. The second-order valence-electron chi connectivity index (χ2n) is 5.31. The van der Waals surface area contributed by atoms with E-state index in [0.29, 0.717) is 19.3 Å². The summed E-state index contributed by atoms with van der Waals surface area (Å²) in [7, 11) is 2.12. The number of nitrogens with zero attached hydrogens (tertiary/aromatic N) is 1. The standard InChI is InChI=1S/C14H20N2O2/c1-16(9-10-6-11(15)7-10)12-2-3-13-14(8-12)18-5-4-17-13/h2-3,8,10-11H,4-7,9,15H2,1H3. The summed E-state index contributed by atoms with van der Waals surface area (Å²) in [5.74, 6) is 2.44. The van der Waals surface area contributed by atoms with E-state index < -0.39 is 0 Å². The van der Waals surface area contributed by atoms with Crippen molar-refractivity contribution in [3.63, 3.8) is 0 Å². The fourth-order valence-corrected chi connectivity index (χ4v) is 2.70. The minimum atomic E-state index is 0.420. The summed E-state index contributed by atoms with van der Waals surface area (Å²) in [6.45, 7) is 2.34. The van der Waals surface area contributed by atoms with Gasteiger partial charge in [0.2, 0.25) is 0 Å². The Morgan fingerprint density at radius 2 is 1.94 bits per heavy atom. The Labute approximate surface area is 108 Å². The maximum Gasteiger partial charge on any atom is 0.163 e. The van der Waals surface area contributed by atoms with Gasteiger partial charge in [-0.05, 0) is 30.9 Å². The average molecular weight is 248 g/mol. The van der Waals surface area contributed by atoms with Gasteiger partial charge in [-0.1, -0.05) is 0 Å². The first kappa shape index (κ1) is 11.7. The van der Waals surface area contributed by atoms with Crippen LogP contribution in [0.2, 0.25) is 0 Å². The number of ether oxygens (including phenoxy) is 2. The van der Waals surface area contributed by atoms with Crippen LogP contribution in [-0.2, 0) is 0 Å². The molecule has 2 N–H and O–H groups in total. The number of rotatable bonds is 3. The lowest BCUT2D eigenvalue weighted by molar-refractivity contribution is 0.171. The Balaban J connectivity index is 1.67. The SMILES string of the molecule is CN(CC1CC(N)C1)c1ccc2c(c1)OCCO2. The van der Waals surface area contributed by atoms with Gasteiger partial charge < -0.3 is 20.1 Å². The normalized spacial score (nSPS) is 25.4. The first-order chi connectivity index (χ1) is 8.72. The molecule has 0 atom stereocenters. The number of nitrogens with two attached hydrogens (primary N) is 1. The summed E-state index contributed by atoms with van der Waals surface area (Å²) >= 11 is 0. The molecule has 1 saturated carbocycles. The third-order valence-corrected chi connectivity index (χ3v) is 3.77. The zero-order valence-corrected chi connectivity index (χ0v) is 10.8. The molecule has 4 nitrogen and oxygen atoms in total. The molecule has 1 aliphatic heterocycles. The van der Waals surface area contributed by atoms with Crippen LogP contribution < -0.4 is 20.1 Å². The molecular formula is C14H20N2O2. The first-order valence-corrected chi connectivity index (χ1v) is 6.59. The molecular weight excluding hydrogens is 228 g/mol. The molecule has 18 heavy (non-hydrogen) atoms. The Hall–Kier alpha value is -1.42. The highest BCUT2D eigenvalue weighted by atomic mass is 16.6. The topological polar surface area (TPSA) is 47.7 Å². The van der Waals surface area contributed by atoms with Crippen LogP contribution in [0, 0.1) is 5.92 Å². The lowest BCUT2D eigenvalue weighted by atomic mass is 9.80. The van der Waals surface area contributed by atoms with E-state index in [0.717, 1.165) is 36.8 Å². The smallest absolute Gasteiger partial charge is 0.163 e. The van der Waals surface area contributed by atoms with E-state index in [1.807, 2.05) is 6.07 Å². The molecule has 1 aliphatic carbocycles. The molecule has 0 aromatic heterocycles. The fourth-order valence-electron chi connectivity index (χ4n) is 2.70. The summed E-state index contributed by atoms with van der Waals surface area (Å²) in [5, 5.41) is 0. The molecule has 0 bridgehead atoms. The Bertz CT molecular complexity index is 430. The third kappa shape index (κ3) is 2.25. The van der Waals surface area contributed by atoms with Gasteiger partial charge in [0, 0.05) is 31.4 Å². The predicted octanol–water partition coefficient (Wildman–Crippen LogP) is 1.63. The van der Waals surface area contributed by atoms with Crippen LogP contribution in [0.4, 0.5) is 5.69 Å². The van der Waals surface area contributed by atoms with E-state index in [-0.39, 0.29) is 0 Å². The van der Waals surface area contributed by atoms with Crippen molar-refractivity contribution in [1.29, 1.82) is 0 Å². The highest BCUT2D eigenvalue weighted by Gasteiger charge is 2.27. The van der Waals surface area contributed by atoms with Gasteiger partial charge in [0.1, 0.15) is 13.2 Å². The molecule has 2 aliphatic rings. The number of benzene rings is 1. The molecule has 0 saturated heterocycles. The van der Waals surface area contributed by atoms with Gasteiger partial charge in [0.15, 0.2) is 11.5 Å². The molecule has 0 radical (unpaired) electrons. The minimum Gasteiger partial charge on any atom is -0.486 e. The van der Waals surface area contributed by atoms with Gasteiger partial charge in [0.25, 0.3) is 0 Å². The van der Waals surface area contributed by atoms with Crippen LogP contribution in [0.1, 0.15) is 12.8 Å². The summed E-state index contributed by atoms with van der Waals surface area (Å²) in [6.07, 6.45) is 2.30. The van der Waals surface area contributed by atoms with Crippen LogP contribution in [-0.4, -0.2) is 32.8 Å². The maximum atomic E-state index is 5.82. The summed E-state index contributed by atoms with van der Waals surface area (Å²) in [6, 6.07) is 6.56. The number of anilines is 1. The van der Waals surface area contributed by atoms with Gasteiger partial charge in [0.05, 0.1) is 0 Å². The highest BCUT2D eigenvalue weighted by Crippen LogP contribution is 2.35. The zero-order chi connectivity index (χ0) is 12.5. The van der Waals surface area contributed by atoms with Crippen LogP contribution >= 0.6 is 0 Å². The second-order valence-corrected chi connectivity index (χ2v) is 5.31. The summed E-state index contributed by atoms with van der Waals surface area (Å²) in [4.78, 5) is 2.27. The average Bonchev–Trinajstić information content (AvgIpc) is 2.36. The summed E-state index contributed by atoms with van der Waals surface area (Å²) in [5.41, 5.74) is 7.00. The van der Waals surface area contributed by atoms with E-state index in [1.54, 1.807) is 0 Å². The number of hydrogen-bond acceptors (Lipinski definition) is 4. The van der Waals surface area contributed by atoms with E-state index in [1.165, 1.54) is 5.69 Å². The fraction of sp³-hybridized carbons (Fsp3) is 0.571. The molecule has 0 amide bonds. The second kappa shape index (κ2) is 4.69. The molecule has 1 heterocycles. The highest BCUT2D eigenvalue weighted by molar-refractivity contribution is 5.56. The van der Waals surface area contributed by atoms with Crippen molar-refractivity contribution >= 4 is 5.69 Å². The van der Waals surface area contributed by atoms with Crippen LogP contribution in [0.5, 0.6) is 11.5 Å². The molecule has 1 aromatic rings. The van der Waals surface area contributed by atoms with E-state index in [4.69, 9.17) is 15.2 Å².